The molecule has 1 heteroatoms. The predicted molar refractivity (Wildman–Crippen MR) is 71.4 cm³/mol. The molecular formula is C17H20O. The van der Waals surface area contributed by atoms with Gasteiger partial charge in [-0.05, 0) is 56.3 Å². The van der Waals surface area contributed by atoms with Crippen molar-refractivity contribution in [2.24, 2.45) is 23.2 Å². The average Bonchev–Trinajstić information content (AvgIpc) is 2.37. The fourth-order valence-electron chi connectivity index (χ4n) is 5.28. The molecule has 0 unspecified atom stereocenters. The molecule has 1 aromatic carbocycles. The van der Waals surface area contributed by atoms with Crippen LogP contribution in [0, 0.1) is 23.2 Å². The van der Waals surface area contributed by atoms with Crippen LogP contribution in [0.15, 0.2) is 30.3 Å². The molecule has 18 heavy (non-hydrogen) atoms. The first-order valence-corrected chi connectivity index (χ1v) is 7.35. The number of carbonyl (C=O) groups excluding carboxylic acids is 1. The molecule has 1 aromatic rings. The molecule has 94 valence electrons. The van der Waals surface area contributed by atoms with E-state index in [-0.39, 0.29) is 5.41 Å². The van der Waals surface area contributed by atoms with Crippen LogP contribution < -0.4 is 0 Å². The Balaban J connectivity index is 1.70. The van der Waals surface area contributed by atoms with Crippen molar-refractivity contribution in [2.45, 2.75) is 38.5 Å². The summed E-state index contributed by atoms with van der Waals surface area (Å²) in [5, 5.41) is 0. The van der Waals surface area contributed by atoms with Gasteiger partial charge in [-0.2, -0.15) is 0 Å². The largest absolute Gasteiger partial charge is 0.294 e. The van der Waals surface area contributed by atoms with Crippen LogP contribution in [0.1, 0.15) is 48.9 Å². The van der Waals surface area contributed by atoms with Crippen LogP contribution in [-0.2, 0) is 0 Å². The number of ketones is 1. The van der Waals surface area contributed by atoms with Crippen molar-refractivity contribution >= 4 is 5.78 Å². The highest BCUT2D eigenvalue weighted by Crippen LogP contribution is 2.60. The lowest BCUT2D eigenvalue weighted by molar-refractivity contribution is -0.0353. The molecule has 0 heterocycles. The third-order valence-electron chi connectivity index (χ3n) is 5.56. The van der Waals surface area contributed by atoms with Crippen LogP contribution in [0.3, 0.4) is 0 Å². The molecular weight excluding hydrogens is 220 g/mol. The zero-order chi connectivity index (χ0) is 12.2. The maximum Gasteiger partial charge on any atom is 0.169 e. The van der Waals surface area contributed by atoms with Crippen molar-refractivity contribution in [3.8, 4) is 0 Å². The minimum Gasteiger partial charge on any atom is -0.294 e. The molecule has 4 saturated carbocycles. The molecule has 0 atom stereocenters. The molecule has 4 fully saturated rings. The molecule has 0 amide bonds. The van der Waals surface area contributed by atoms with Crippen LogP contribution in [0.4, 0.5) is 0 Å². The second-order valence-corrected chi connectivity index (χ2v) is 6.89. The van der Waals surface area contributed by atoms with E-state index >= 15 is 0 Å². The van der Waals surface area contributed by atoms with Gasteiger partial charge in [-0.25, -0.2) is 0 Å². The van der Waals surface area contributed by atoms with Crippen molar-refractivity contribution in [3.05, 3.63) is 35.9 Å². The number of benzene rings is 1. The second kappa shape index (κ2) is 3.69. The molecule has 0 N–H and O–H groups in total. The first-order chi connectivity index (χ1) is 8.75. The summed E-state index contributed by atoms with van der Waals surface area (Å²) in [5.41, 5.74) is 0.968. The lowest BCUT2D eigenvalue weighted by atomic mass is 9.48. The van der Waals surface area contributed by atoms with E-state index in [1.165, 1.54) is 38.5 Å². The Kier molecular flexibility index (Phi) is 2.21. The van der Waals surface area contributed by atoms with Crippen molar-refractivity contribution in [2.75, 3.05) is 0 Å². The third kappa shape index (κ3) is 1.49. The highest BCUT2D eigenvalue weighted by molar-refractivity contribution is 6.00. The molecule has 0 saturated heterocycles. The van der Waals surface area contributed by atoms with Gasteiger partial charge >= 0.3 is 0 Å². The van der Waals surface area contributed by atoms with Gasteiger partial charge < -0.3 is 0 Å². The zero-order valence-electron chi connectivity index (χ0n) is 10.8. The van der Waals surface area contributed by atoms with E-state index < -0.39 is 0 Å². The number of hydrogen-bond donors (Lipinski definition) is 0. The number of hydrogen-bond acceptors (Lipinski definition) is 1. The Bertz CT molecular complexity index is 438. The SMILES string of the molecule is O=C(c1ccccc1)C12CC3CC(CC(C3)C1)C2. The minimum absolute atomic E-state index is 0.0239. The molecule has 4 aliphatic rings. The summed E-state index contributed by atoms with van der Waals surface area (Å²) in [6.07, 6.45) is 7.73. The predicted octanol–water partition coefficient (Wildman–Crippen LogP) is 4.09. The van der Waals surface area contributed by atoms with E-state index in [0.29, 0.717) is 5.78 Å². The summed E-state index contributed by atoms with van der Waals surface area (Å²) in [7, 11) is 0. The Morgan fingerprint density at radius 1 is 0.889 bits per heavy atom. The number of carbonyl (C=O) groups is 1. The van der Waals surface area contributed by atoms with Crippen molar-refractivity contribution in [1.29, 1.82) is 0 Å². The molecule has 5 rings (SSSR count). The van der Waals surface area contributed by atoms with Crippen molar-refractivity contribution < 1.29 is 4.79 Å². The summed E-state index contributed by atoms with van der Waals surface area (Å²) in [6.45, 7) is 0. The van der Waals surface area contributed by atoms with Gasteiger partial charge in [0.2, 0.25) is 0 Å². The van der Waals surface area contributed by atoms with Crippen molar-refractivity contribution in [1.82, 2.24) is 0 Å². The normalized spacial score (nSPS) is 41.0. The highest BCUT2D eigenvalue weighted by Gasteiger charge is 2.54. The van der Waals surface area contributed by atoms with E-state index in [4.69, 9.17) is 0 Å². The molecule has 4 bridgehead atoms. The van der Waals surface area contributed by atoms with Gasteiger partial charge in [0, 0.05) is 11.0 Å². The first-order valence-electron chi connectivity index (χ1n) is 7.35. The molecule has 4 aliphatic carbocycles. The topological polar surface area (TPSA) is 17.1 Å². The number of rotatable bonds is 2. The fraction of sp³-hybridized carbons (Fsp3) is 0.588. The van der Waals surface area contributed by atoms with Crippen LogP contribution >= 0.6 is 0 Å². The molecule has 0 aliphatic heterocycles. The van der Waals surface area contributed by atoms with Crippen LogP contribution in [-0.4, -0.2) is 5.78 Å². The maximum absolute atomic E-state index is 12.9. The smallest absolute Gasteiger partial charge is 0.169 e. The summed E-state index contributed by atoms with van der Waals surface area (Å²) < 4.78 is 0. The monoisotopic (exact) mass is 240 g/mol. The van der Waals surface area contributed by atoms with Crippen LogP contribution in [0.25, 0.3) is 0 Å². The molecule has 1 nitrogen and oxygen atoms in total. The summed E-state index contributed by atoms with van der Waals surface area (Å²) >= 11 is 0. The molecule has 0 aromatic heterocycles. The van der Waals surface area contributed by atoms with Gasteiger partial charge in [-0.1, -0.05) is 30.3 Å². The van der Waals surface area contributed by atoms with Gasteiger partial charge in [0.15, 0.2) is 5.78 Å². The molecule has 0 spiro atoms. The fourth-order valence-corrected chi connectivity index (χ4v) is 5.28. The van der Waals surface area contributed by atoms with E-state index in [9.17, 15) is 4.79 Å². The van der Waals surface area contributed by atoms with E-state index in [1.54, 1.807) is 0 Å². The van der Waals surface area contributed by atoms with E-state index in [2.05, 4.69) is 0 Å². The quantitative estimate of drug-likeness (QED) is 0.712. The number of Topliss-reactive ketones (excluding diaryl/α,β-unsaturated/α-hetero) is 1. The summed E-state index contributed by atoms with van der Waals surface area (Å²) in [5.74, 6) is 3.00. The van der Waals surface area contributed by atoms with E-state index in [1.807, 2.05) is 30.3 Å². The lowest BCUT2D eigenvalue weighted by Gasteiger charge is -2.56. The Morgan fingerprint density at radius 3 is 1.89 bits per heavy atom. The van der Waals surface area contributed by atoms with Gasteiger partial charge in [0.1, 0.15) is 0 Å². The summed E-state index contributed by atoms with van der Waals surface area (Å²) in [4.78, 5) is 12.9. The Labute approximate surface area is 109 Å². The average molecular weight is 240 g/mol. The third-order valence-corrected chi connectivity index (χ3v) is 5.56. The van der Waals surface area contributed by atoms with Crippen LogP contribution in [0.5, 0.6) is 0 Å². The van der Waals surface area contributed by atoms with Gasteiger partial charge in [-0.15, -0.1) is 0 Å². The van der Waals surface area contributed by atoms with Gasteiger partial charge in [-0.3, -0.25) is 4.79 Å². The summed E-state index contributed by atoms with van der Waals surface area (Å²) in [6, 6.07) is 9.99. The second-order valence-electron chi connectivity index (χ2n) is 6.89. The maximum atomic E-state index is 12.9. The van der Waals surface area contributed by atoms with Crippen LogP contribution in [0.2, 0.25) is 0 Å². The Morgan fingerprint density at radius 2 is 1.39 bits per heavy atom. The van der Waals surface area contributed by atoms with Gasteiger partial charge in [0.25, 0.3) is 0 Å². The molecule has 0 radical (unpaired) electrons. The highest BCUT2D eigenvalue weighted by atomic mass is 16.1. The standard InChI is InChI=1S/C17H20O/c18-16(15-4-2-1-3-5-15)17-9-12-6-13(10-17)8-14(7-12)11-17/h1-5,12-14H,6-11H2. The first kappa shape index (κ1) is 10.8. The van der Waals surface area contributed by atoms with Gasteiger partial charge in [0.05, 0.1) is 0 Å². The lowest BCUT2D eigenvalue weighted by Crippen LogP contribution is -2.50. The minimum atomic E-state index is 0.0239. The van der Waals surface area contributed by atoms with Crippen molar-refractivity contribution in [3.63, 3.8) is 0 Å². The zero-order valence-corrected chi connectivity index (χ0v) is 10.8. The Hall–Kier alpha value is -1.11. The van der Waals surface area contributed by atoms with E-state index in [0.717, 1.165) is 23.3 Å².